The molecule has 0 saturated heterocycles. The van der Waals surface area contributed by atoms with Crippen LogP contribution in [0, 0.1) is 0 Å². The normalized spacial score (nSPS) is 13.2. The van der Waals surface area contributed by atoms with Gasteiger partial charge in [0.05, 0.1) is 0 Å². The van der Waals surface area contributed by atoms with Crippen LogP contribution in [0.15, 0.2) is 97.1 Å². The quantitative estimate of drug-likeness (QED) is 0.0315. The molecule has 4 aromatic carbocycles. The van der Waals surface area contributed by atoms with Gasteiger partial charge >= 0.3 is 0 Å². The molecule has 0 unspecified atom stereocenters. The van der Waals surface area contributed by atoms with Crippen LogP contribution < -0.4 is 21.2 Å². The van der Waals surface area contributed by atoms with Crippen LogP contribution in [-0.4, -0.2) is 10.5 Å². The fourth-order valence-electron chi connectivity index (χ4n) is 11.5. The fraction of sp³-hybridized carbons (Fsp3) is 0.652. The Morgan fingerprint density at radius 2 is 0.583 bits per heavy atom. The molecule has 0 bridgehead atoms. The highest BCUT2D eigenvalue weighted by Gasteiger charge is 2.38. The zero-order valence-corrected chi connectivity index (χ0v) is 49.2. The summed E-state index contributed by atoms with van der Waals surface area (Å²) in [5.74, 6) is 0. The van der Waals surface area contributed by atoms with Crippen molar-refractivity contribution in [2.45, 2.75) is 291 Å². The van der Waals surface area contributed by atoms with Crippen LogP contribution in [0.3, 0.4) is 0 Å². The molecular weight excluding hydrogens is 905 g/mol. The Morgan fingerprint density at radius 1 is 0.306 bits per heavy atom. The Labute approximate surface area is 449 Å². The van der Waals surface area contributed by atoms with Crippen LogP contribution in [0.25, 0.3) is 0 Å². The van der Waals surface area contributed by atoms with E-state index >= 15 is 0 Å². The average Bonchev–Trinajstić information content (AvgIpc) is 3.95. The van der Waals surface area contributed by atoms with Gasteiger partial charge in [0.25, 0.3) is 0 Å². The Morgan fingerprint density at radius 3 is 0.903 bits per heavy atom. The summed E-state index contributed by atoms with van der Waals surface area (Å²) in [6, 6.07) is 41.3. The van der Waals surface area contributed by atoms with Crippen molar-refractivity contribution in [3.05, 3.63) is 119 Å². The topological polar surface area (TPSA) is 3.24 Å². The van der Waals surface area contributed by atoms with Gasteiger partial charge in [0, 0.05) is 22.2 Å². The van der Waals surface area contributed by atoms with E-state index in [0.717, 1.165) is 0 Å². The highest BCUT2D eigenvalue weighted by molar-refractivity contribution is 7.84. The summed E-state index contributed by atoms with van der Waals surface area (Å²) < 4.78 is 3.20. The van der Waals surface area contributed by atoms with E-state index in [9.17, 15) is 0 Å². The number of hydrogen-bond acceptors (Lipinski definition) is 1. The summed E-state index contributed by atoms with van der Waals surface area (Å²) in [5, 5.41) is 6.24. The molecule has 0 heterocycles. The van der Waals surface area contributed by atoms with Gasteiger partial charge in [-0.3, -0.25) is 0 Å². The molecule has 1 aliphatic carbocycles. The third kappa shape index (κ3) is 23.7. The number of hydrogen-bond donors (Lipinski definition) is 0. The van der Waals surface area contributed by atoms with E-state index in [2.05, 4.69) is 129 Å². The van der Waals surface area contributed by atoms with E-state index in [1.807, 2.05) is 0 Å². The molecule has 0 spiro atoms. The predicted octanol–water partition coefficient (Wildman–Crippen LogP) is 21.1. The minimum absolute atomic E-state index is 0.573. The molecule has 1 fully saturated rings. The van der Waals surface area contributed by atoms with E-state index < -0.39 is 16.1 Å². The Bertz CT molecular complexity index is 1770. The van der Waals surface area contributed by atoms with Crippen LogP contribution in [0.1, 0.15) is 281 Å². The number of rotatable bonds is 43. The first-order chi connectivity index (χ1) is 35.6. The summed E-state index contributed by atoms with van der Waals surface area (Å²) in [6.45, 7) is 9.30. The molecule has 1 nitrogen and oxygen atoms in total. The second kappa shape index (κ2) is 39.1. The van der Waals surface area contributed by atoms with Crippen molar-refractivity contribution in [3.8, 4) is 0 Å². The second-order valence-electron chi connectivity index (χ2n) is 22.5. The SMILES string of the molecule is CCCCCCCCCCc1ccc(P(c2ccc(CCCCCCCCCC)cc2)N(C2CCCC2)P(c2cccc(CCCCCCCCCC)c2)c2cccc(CCCCCCCCCC)c2)cc1. The predicted molar refractivity (Wildman–Crippen MR) is 327 cm³/mol. The van der Waals surface area contributed by atoms with Crippen LogP contribution in [0.4, 0.5) is 0 Å². The molecule has 1 saturated carbocycles. The van der Waals surface area contributed by atoms with E-state index in [0.29, 0.717) is 6.04 Å². The highest BCUT2D eigenvalue weighted by Crippen LogP contribution is 2.58. The Hall–Kier alpha value is -2.30. The second-order valence-corrected chi connectivity index (χ2v) is 26.9. The molecule has 1 aliphatic rings. The van der Waals surface area contributed by atoms with Gasteiger partial charge in [-0.05, 0) is 120 Å². The highest BCUT2D eigenvalue weighted by atomic mass is 31.2. The lowest BCUT2D eigenvalue weighted by Crippen LogP contribution is -2.37. The first-order valence-corrected chi connectivity index (χ1v) is 34.0. The Kier molecular flexibility index (Phi) is 32.9. The summed E-state index contributed by atoms with van der Waals surface area (Å²) in [6.07, 6.45) is 54.2. The average molecular weight is 1010 g/mol. The number of nitrogens with zero attached hydrogens (tertiary/aromatic N) is 1. The van der Waals surface area contributed by atoms with Gasteiger partial charge in [0.2, 0.25) is 0 Å². The maximum absolute atomic E-state index is 3.20. The molecular formula is C69H109NP2. The van der Waals surface area contributed by atoms with Gasteiger partial charge in [-0.15, -0.1) is 0 Å². The zero-order chi connectivity index (χ0) is 50.5. The van der Waals surface area contributed by atoms with Gasteiger partial charge in [0.1, 0.15) is 0 Å². The molecule has 0 aliphatic heterocycles. The maximum Gasteiger partial charge on any atom is 0.0326 e. The third-order valence-electron chi connectivity index (χ3n) is 16.0. The van der Waals surface area contributed by atoms with Crippen molar-refractivity contribution in [2.75, 3.05) is 0 Å². The van der Waals surface area contributed by atoms with Crippen molar-refractivity contribution in [2.24, 2.45) is 0 Å². The molecule has 0 aromatic heterocycles. The Balaban J connectivity index is 1.47. The first kappa shape index (κ1) is 60.6. The molecule has 0 radical (unpaired) electrons. The maximum atomic E-state index is 3.20. The van der Waals surface area contributed by atoms with E-state index in [4.69, 9.17) is 0 Å². The molecule has 72 heavy (non-hydrogen) atoms. The minimum Gasteiger partial charge on any atom is -0.242 e. The molecule has 5 rings (SSSR count). The van der Waals surface area contributed by atoms with Crippen molar-refractivity contribution in [1.29, 1.82) is 0 Å². The molecule has 0 amide bonds. The summed E-state index contributed by atoms with van der Waals surface area (Å²) in [7, 11) is -1.59. The van der Waals surface area contributed by atoms with Crippen LogP contribution in [0.5, 0.6) is 0 Å². The lowest BCUT2D eigenvalue weighted by Gasteiger charge is -2.43. The van der Waals surface area contributed by atoms with Gasteiger partial charge in [0.15, 0.2) is 0 Å². The largest absolute Gasteiger partial charge is 0.242 e. The number of benzene rings is 4. The van der Waals surface area contributed by atoms with Crippen LogP contribution in [-0.2, 0) is 25.7 Å². The standard InChI is InChI=1S/C69H109NP2/c1-5-9-13-17-21-25-29-33-41-61-51-55-66(56-52-61)71(67-57-53-62(54-58-67)42-34-30-26-22-18-14-10-6-2)70(65-47-37-38-48-65)72(68-49-39-45-63(59-68)43-35-31-27-23-19-15-11-7-3)69-50-40-46-64(60-69)44-36-32-28-24-20-16-12-8-4/h39-40,45-46,49-60,65H,5-38,41-44,47-48H2,1-4H3. The minimum atomic E-state index is -0.798. The summed E-state index contributed by atoms with van der Waals surface area (Å²) >= 11 is 0. The molecule has 4 aromatic rings. The van der Waals surface area contributed by atoms with Gasteiger partial charge in [-0.1, -0.05) is 305 Å². The molecule has 3 heteroatoms. The zero-order valence-electron chi connectivity index (χ0n) is 47.4. The van der Waals surface area contributed by atoms with E-state index in [1.54, 1.807) is 32.3 Å². The van der Waals surface area contributed by atoms with Crippen molar-refractivity contribution >= 4 is 37.4 Å². The van der Waals surface area contributed by atoms with Crippen LogP contribution in [0.2, 0.25) is 0 Å². The van der Waals surface area contributed by atoms with Crippen molar-refractivity contribution < 1.29 is 0 Å². The van der Waals surface area contributed by atoms with E-state index in [-0.39, 0.29) is 0 Å². The summed E-state index contributed by atoms with van der Waals surface area (Å²) in [4.78, 5) is 0. The lowest BCUT2D eigenvalue weighted by molar-refractivity contribution is 0.510. The van der Waals surface area contributed by atoms with E-state index in [1.165, 1.54) is 268 Å². The smallest absolute Gasteiger partial charge is 0.0326 e. The van der Waals surface area contributed by atoms with Gasteiger partial charge in [-0.25, -0.2) is 4.44 Å². The number of unbranched alkanes of at least 4 members (excludes halogenated alkanes) is 28. The third-order valence-corrected chi connectivity index (χ3v) is 21.7. The van der Waals surface area contributed by atoms with Crippen LogP contribution >= 0.6 is 16.1 Å². The lowest BCUT2D eigenvalue weighted by atomic mass is 10.0. The molecule has 400 valence electrons. The number of aryl methyl sites for hydroxylation is 4. The van der Waals surface area contributed by atoms with Gasteiger partial charge in [-0.2, -0.15) is 0 Å². The first-order valence-electron chi connectivity index (χ1n) is 31.4. The summed E-state index contributed by atoms with van der Waals surface area (Å²) in [5.41, 5.74) is 6.15. The van der Waals surface area contributed by atoms with Crippen molar-refractivity contribution in [1.82, 2.24) is 4.44 Å². The molecule has 0 atom stereocenters. The molecule has 0 N–H and O–H groups in total. The monoisotopic (exact) mass is 1010 g/mol. The van der Waals surface area contributed by atoms with Gasteiger partial charge < -0.3 is 0 Å². The van der Waals surface area contributed by atoms with Crippen molar-refractivity contribution in [3.63, 3.8) is 0 Å². The fourth-order valence-corrected chi connectivity index (χ4v) is 18.0.